The number of carbonyl (C=O) groups excluding carboxylic acids is 1. The summed E-state index contributed by atoms with van der Waals surface area (Å²) in [4.78, 5) is 16.5. The van der Waals surface area contributed by atoms with Gasteiger partial charge in [-0.05, 0) is 38.1 Å². The van der Waals surface area contributed by atoms with Gasteiger partial charge in [0.15, 0.2) is 5.78 Å². The molecule has 0 saturated heterocycles. The summed E-state index contributed by atoms with van der Waals surface area (Å²) in [6.45, 7) is 3.84. The van der Waals surface area contributed by atoms with Gasteiger partial charge >= 0.3 is 0 Å². The molecule has 92 valence electrons. The molecule has 3 heteroatoms. The van der Waals surface area contributed by atoms with Crippen molar-refractivity contribution in [3.8, 4) is 5.75 Å². The Kier molecular flexibility index (Phi) is 3.42. The van der Waals surface area contributed by atoms with Crippen molar-refractivity contribution in [2.75, 3.05) is 7.11 Å². The molecule has 0 N–H and O–H groups in total. The first-order valence-electron chi connectivity index (χ1n) is 5.74. The maximum atomic E-state index is 12.4. The van der Waals surface area contributed by atoms with Gasteiger partial charge in [0.05, 0.1) is 12.7 Å². The molecule has 1 aromatic carbocycles. The Labute approximate surface area is 106 Å². The number of carbonyl (C=O) groups is 1. The van der Waals surface area contributed by atoms with Crippen LogP contribution in [0.25, 0.3) is 0 Å². The molecular weight excluding hydrogens is 226 g/mol. The zero-order valence-electron chi connectivity index (χ0n) is 10.7. The number of rotatable bonds is 3. The SMILES string of the molecule is COc1ccc(C)cc1C(=O)c1ccc(C)nc1. The number of pyridine rings is 1. The van der Waals surface area contributed by atoms with Gasteiger partial charge < -0.3 is 4.74 Å². The van der Waals surface area contributed by atoms with Crippen molar-refractivity contribution in [3.05, 3.63) is 58.9 Å². The number of benzene rings is 1. The number of aromatic nitrogens is 1. The van der Waals surface area contributed by atoms with E-state index in [9.17, 15) is 4.79 Å². The molecule has 0 fully saturated rings. The highest BCUT2D eigenvalue weighted by molar-refractivity contribution is 6.10. The van der Waals surface area contributed by atoms with Gasteiger partial charge in [0.25, 0.3) is 0 Å². The topological polar surface area (TPSA) is 39.2 Å². The lowest BCUT2D eigenvalue weighted by Gasteiger charge is -2.08. The van der Waals surface area contributed by atoms with Crippen molar-refractivity contribution < 1.29 is 9.53 Å². The zero-order valence-corrected chi connectivity index (χ0v) is 10.7. The maximum absolute atomic E-state index is 12.4. The third-order valence-corrected chi connectivity index (χ3v) is 2.77. The first-order chi connectivity index (χ1) is 8.61. The van der Waals surface area contributed by atoms with Crippen molar-refractivity contribution >= 4 is 5.78 Å². The first kappa shape index (κ1) is 12.3. The molecule has 0 atom stereocenters. The van der Waals surface area contributed by atoms with Gasteiger partial charge in [-0.15, -0.1) is 0 Å². The average Bonchev–Trinajstić information content (AvgIpc) is 2.39. The molecule has 0 aliphatic rings. The molecule has 0 radical (unpaired) electrons. The minimum atomic E-state index is -0.0666. The highest BCUT2D eigenvalue weighted by atomic mass is 16.5. The normalized spacial score (nSPS) is 10.2. The second-order valence-corrected chi connectivity index (χ2v) is 4.22. The highest BCUT2D eigenvalue weighted by Crippen LogP contribution is 2.22. The summed E-state index contributed by atoms with van der Waals surface area (Å²) in [6, 6.07) is 9.18. The van der Waals surface area contributed by atoms with Crippen LogP contribution in [0.1, 0.15) is 27.2 Å². The van der Waals surface area contributed by atoms with Gasteiger partial charge in [-0.25, -0.2) is 0 Å². The molecule has 18 heavy (non-hydrogen) atoms. The summed E-state index contributed by atoms with van der Waals surface area (Å²) in [5, 5.41) is 0. The number of aryl methyl sites for hydroxylation is 2. The van der Waals surface area contributed by atoms with Gasteiger partial charge in [0.1, 0.15) is 5.75 Å². The summed E-state index contributed by atoms with van der Waals surface area (Å²) in [5.41, 5.74) is 3.06. The predicted molar refractivity (Wildman–Crippen MR) is 70.1 cm³/mol. The summed E-state index contributed by atoms with van der Waals surface area (Å²) >= 11 is 0. The average molecular weight is 241 g/mol. The molecule has 2 aromatic rings. The molecular formula is C15H15NO2. The number of hydrogen-bond acceptors (Lipinski definition) is 3. The summed E-state index contributed by atoms with van der Waals surface area (Å²) < 4.78 is 5.23. The van der Waals surface area contributed by atoms with E-state index in [1.807, 2.05) is 38.1 Å². The number of ether oxygens (including phenoxy) is 1. The fourth-order valence-corrected chi connectivity index (χ4v) is 1.76. The molecule has 0 spiro atoms. The maximum Gasteiger partial charge on any atom is 0.198 e. The van der Waals surface area contributed by atoms with Crippen molar-refractivity contribution in [1.82, 2.24) is 4.98 Å². The van der Waals surface area contributed by atoms with Crippen LogP contribution >= 0.6 is 0 Å². The van der Waals surface area contributed by atoms with E-state index in [2.05, 4.69) is 4.98 Å². The van der Waals surface area contributed by atoms with Crippen LogP contribution in [0.2, 0.25) is 0 Å². The lowest BCUT2D eigenvalue weighted by Crippen LogP contribution is -2.05. The van der Waals surface area contributed by atoms with Gasteiger partial charge in [-0.2, -0.15) is 0 Å². The fraction of sp³-hybridized carbons (Fsp3) is 0.200. The lowest BCUT2D eigenvalue weighted by molar-refractivity contribution is 0.103. The van der Waals surface area contributed by atoms with Crippen LogP contribution < -0.4 is 4.74 Å². The molecule has 1 heterocycles. The molecule has 0 saturated carbocycles. The Morgan fingerprint density at radius 3 is 2.56 bits per heavy atom. The van der Waals surface area contributed by atoms with Crippen LogP contribution in [0.3, 0.4) is 0 Å². The van der Waals surface area contributed by atoms with Crippen LogP contribution in [-0.2, 0) is 0 Å². The highest BCUT2D eigenvalue weighted by Gasteiger charge is 2.14. The molecule has 0 aliphatic carbocycles. The molecule has 2 rings (SSSR count). The van der Waals surface area contributed by atoms with E-state index in [0.29, 0.717) is 16.9 Å². The molecule has 0 amide bonds. The van der Waals surface area contributed by atoms with Gasteiger partial charge in [0.2, 0.25) is 0 Å². The third kappa shape index (κ3) is 2.40. The van der Waals surface area contributed by atoms with Crippen LogP contribution in [0, 0.1) is 13.8 Å². The summed E-state index contributed by atoms with van der Waals surface area (Å²) in [5.74, 6) is 0.522. The Balaban J connectivity index is 2.45. The number of ketones is 1. The summed E-state index contributed by atoms with van der Waals surface area (Å²) in [6.07, 6.45) is 1.60. The lowest BCUT2D eigenvalue weighted by atomic mass is 10.0. The minimum absolute atomic E-state index is 0.0666. The Hall–Kier alpha value is -2.16. The van der Waals surface area contributed by atoms with Crippen molar-refractivity contribution in [1.29, 1.82) is 0 Å². The van der Waals surface area contributed by atoms with Crippen molar-refractivity contribution in [2.24, 2.45) is 0 Å². The van der Waals surface area contributed by atoms with E-state index in [-0.39, 0.29) is 5.78 Å². The van der Waals surface area contributed by atoms with Crippen LogP contribution in [0.4, 0.5) is 0 Å². The predicted octanol–water partition coefficient (Wildman–Crippen LogP) is 2.94. The molecule has 0 aliphatic heterocycles. The van der Waals surface area contributed by atoms with E-state index in [1.54, 1.807) is 19.4 Å². The van der Waals surface area contributed by atoms with E-state index < -0.39 is 0 Å². The van der Waals surface area contributed by atoms with Gasteiger partial charge in [-0.3, -0.25) is 9.78 Å². The first-order valence-corrected chi connectivity index (χ1v) is 5.74. The fourth-order valence-electron chi connectivity index (χ4n) is 1.76. The van der Waals surface area contributed by atoms with E-state index in [0.717, 1.165) is 11.3 Å². The number of hydrogen-bond donors (Lipinski definition) is 0. The monoisotopic (exact) mass is 241 g/mol. The number of nitrogens with zero attached hydrogens (tertiary/aromatic N) is 1. The molecule has 0 unspecified atom stereocenters. The van der Waals surface area contributed by atoms with Crippen LogP contribution in [-0.4, -0.2) is 17.9 Å². The molecule has 0 bridgehead atoms. The smallest absolute Gasteiger partial charge is 0.198 e. The molecule has 3 nitrogen and oxygen atoms in total. The van der Waals surface area contributed by atoms with E-state index in [4.69, 9.17) is 4.74 Å². The Morgan fingerprint density at radius 2 is 1.94 bits per heavy atom. The third-order valence-electron chi connectivity index (χ3n) is 2.77. The van der Waals surface area contributed by atoms with Gasteiger partial charge in [-0.1, -0.05) is 11.6 Å². The van der Waals surface area contributed by atoms with Crippen molar-refractivity contribution in [3.63, 3.8) is 0 Å². The second-order valence-electron chi connectivity index (χ2n) is 4.22. The zero-order chi connectivity index (χ0) is 13.1. The summed E-state index contributed by atoms with van der Waals surface area (Å²) in [7, 11) is 1.56. The Bertz CT molecular complexity index is 574. The standard InChI is InChI=1S/C15H15NO2/c1-10-4-7-14(18-3)13(8-10)15(17)12-6-5-11(2)16-9-12/h4-9H,1-3H3. The number of methoxy groups -OCH3 is 1. The molecule has 1 aromatic heterocycles. The van der Waals surface area contributed by atoms with Crippen LogP contribution in [0.5, 0.6) is 5.75 Å². The second kappa shape index (κ2) is 5.00. The van der Waals surface area contributed by atoms with E-state index >= 15 is 0 Å². The quantitative estimate of drug-likeness (QED) is 0.775. The van der Waals surface area contributed by atoms with E-state index in [1.165, 1.54) is 0 Å². The van der Waals surface area contributed by atoms with Crippen LogP contribution in [0.15, 0.2) is 36.5 Å². The Morgan fingerprint density at radius 1 is 1.17 bits per heavy atom. The van der Waals surface area contributed by atoms with Crippen molar-refractivity contribution in [2.45, 2.75) is 13.8 Å². The van der Waals surface area contributed by atoms with Gasteiger partial charge in [0, 0.05) is 17.5 Å². The largest absolute Gasteiger partial charge is 0.496 e. The minimum Gasteiger partial charge on any atom is -0.496 e.